The summed E-state index contributed by atoms with van der Waals surface area (Å²) in [6, 6.07) is 6.89. The number of piperazine rings is 1. The lowest BCUT2D eigenvalue weighted by molar-refractivity contribution is -0.116. The number of nitrogens with one attached hydrogen (secondary N) is 3. The molecular weight excluding hydrogens is 497 g/mol. The highest BCUT2D eigenvalue weighted by Gasteiger charge is 2.21. The molecule has 0 radical (unpaired) electrons. The van der Waals surface area contributed by atoms with Gasteiger partial charge in [0.05, 0.1) is 23.1 Å². The van der Waals surface area contributed by atoms with Crippen LogP contribution in [-0.4, -0.2) is 74.2 Å². The van der Waals surface area contributed by atoms with Gasteiger partial charge in [0.25, 0.3) is 0 Å². The van der Waals surface area contributed by atoms with Crippen LogP contribution in [0.3, 0.4) is 0 Å². The number of benzene rings is 1. The molecule has 1 aromatic carbocycles. The smallest absolute Gasteiger partial charge is 0.224 e. The number of rotatable bonds is 6. The summed E-state index contributed by atoms with van der Waals surface area (Å²) in [6.07, 6.45) is 5.30. The largest absolute Gasteiger partial charge is 0.367 e. The highest BCUT2D eigenvalue weighted by molar-refractivity contribution is 5.97. The second kappa shape index (κ2) is 10.1. The molecule has 1 aliphatic heterocycles. The predicted molar refractivity (Wildman–Crippen MR) is 150 cm³/mol. The fourth-order valence-corrected chi connectivity index (χ4v) is 5.00. The summed E-state index contributed by atoms with van der Waals surface area (Å²) in [5.74, 6) is 0.252. The fraction of sp³-hybridized carbons (Fsp3) is 0.321. The minimum absolute atomic E-state index is 0.105. The van der Waals surface area contributed by atoms with Crippen molar-refractivity contribution in [1.29, 1.82) is 0 Å². The molecule has 0 saturated carbocycles. The molecule has 3 N–H and O–H groups in total. The van der Waals surface area contributed by atoms with Crippen LogP contribution >= 0.6 is 0 Å². The minimum atomic E-state index is -0.422. The van der Waals surface area contributed by atoms with Gasteiger partial charge in [0, 0.05) is 67.6 Å². The summed E-state index contributed by atoms with van der Waals surface area (Å²) in [6.45, 7) is 7.77. The van der Waals surface area contributed by atoms with Crippen LogP contribution in [0, 0.1) is 11.7 Å². The molecule has 0 unspecified atom stereocenters. The number of halogens is 1. The van der Waals surface area contributed by atoms with Crippen LogP contribution in [-0.2, 0) is 4.79 Å². The first kappa shape index (κ1) is 24.9. The lowest BCUT2D eigenvalue weighted by Crippen LogP contribution is -2.44. The Morgan fingerprint density at radius 1 is 1.15 bits per heavy atom. The van der Waals surface area contributed by atoms with Gasteiger partial charge in [-0.15, -0.1) is 0 Å². The Labute approximate surface area is 224 Å². The lowest BCUT2D eigenvalue weighted by Gasteiger charge is -2.34. The van der Waals surface area contributed by atoms with Crippen molar-refractivity contribution in [2.75, 3.05) is 43.4 Å². The maximum absolute atomic E-state index is 15.2. The van der Waals surface area contributed by atoms with Gasteiger partial charge in [-0.05, 0) is 31.2 Å². The molecule has 1 fully saturated rings. The van der Waals surface area contributed by atoms with Gasteiger partial charge < -0.3 is 20.1 Å². The molecule has 0 atom stereocenters. The Kier molecular flexibility index (Phi) is 6.43. The van der Waals surface area contributed by atoms with Gasteiger partial charge in [-0.2, -0.15) is 5.10 Å². The number of fused-ring (bicyclic) bond motifs is 2. The van der Waals surface area contributed by atoms with E-state index in [0.717, 1.165) is 37.4 Å². The number of imidazole rings is 1. The topological polar surface area (TPSA) is 119 Å². The Balaban J connectivity index is 1.37. The molecule has 0 spiro atoms. The number of hydrogen-bond acceptors (Lipinski definition) is 7. The highest BCUT2D eigenvalue weighted by Crippen LogP contribution is 2.34. The summed E-state index contributed by atoms with van der Waals surface area (Å²) >= 11 is 0. The molecule has 5 aromatic rings. The van der Waals surface area contributed by atoms with E-state index in [4.69, 9.17) is 4.98 Å². The number of amides is 1. The van der Waals surface area contributed by atoms with Crippen molar-refractivity contribution in [3.8, 4) is 22.6 Å². The molecule has 1 aliphatic rings. The number of H-pyrrole nitrogens is 2. The number of nitrogens with zero attached hydrogens (tertiary/aromatic N) is 6. The van der Waals surface area contributed by atoms with E-state index in [1.54, 1.807) is 30.7 Å². The third kappa shape index (κ3) is 4.92. The zero-order valence-electron chi connectivity index (χ0n) is 22.1. The summed E-state index contributed by atoms with van der Waals surface area (Å²) in [5, 5.41) is 11.0. The van der Waals surface area contributed by atoms with Crippen LogP contribution in [0.15, 0.2) is 42.9 Å². The number of aromatic amines is 2. The van der Waals surface area contributed by atoms with Gasteiger partial charge in [0.2, 0.25) is 5.91 Å². The molecule has 0 bridgehead atoms. The van der Waals surface area contributed by atoms with Crippen LogP contribution in [0.1, 0.15) is 20.3 Å². The van der Waals surface area contributed by atoms with Crippen LogP contribution in [0.25, 0.3) is 44.7 Å². The standard InChI is InChI=1S/C28H30FN9O/c1-16(2)10-24(39)32-18-11-17(14-30-15-18)19-12-20-22(13-21(19)29)35-36-25(20)28-33-26-23(4-5-31-27(26)34-28)38-8-6-37(3)7-9-38/h4-5,11-16H,6-10H2,1-3H3,(H,32,39)(H,35,36)(H,31,33,34). The van der Waals surface area contributed by atoms with Gasteiger partial charge in [-0.3, -0.25) is 14.9 Å². The Morgan fingerprint density at radius 3 is 2.77 bits per heavy atom. The van der Waals surface area contributed by atoms with Crippen molar-refractivity contribution in [2.24, 2.45) is 5.92 Å². The average molecular weight is 528 g/mol. The average Bonchev–Trinajstić information content (AvgIpc) is 3.52. The van der Waals surface area contributed by atoms with Crippen molar-refractivity contribution in [1.82, 2.24) is 35.0 Å². The van der Waals surface area contributed by atoms with Gasteiger partial charge in [-0.25, -0.2) is 14.4 Å². The highest BCUT2D eigenvalue weighted by atomic mass is 19.1. The lowest BCUT2D eigenvalue weighted by atomic mass is 10.0. The molecule has 4 aromatic heterocycles. The zero-order valence-corrected chi connectivity index (χ0v) is 22.1. The van der Waals surface area contributed by atoms with Crippen molar-refractivity contribution in [3.05, 3.63) is 48.7 Å². The van der Waals surface area contributed by atoms with Crippen molar-refractivity contribution < 1.29 is 9.18 Å². The predicted octanol–water partition coefficient (Wildman–Crippen LogP) is 4.44. The van der Waals surface area contributed by atoms with Gasteiger partial charge >= 0.3 is 0 Å². The monoisotopic (exact) mass is 527 g/mol. The summed E-state index contributed by atoms with van der Waals surface area (Å²) in [4.78, 5) is 33.7. The van der Waals surface area contributed by atoms with Crippen molar-refractivity contribution in [2.45, 2.75) is 20.3 Å². The fourth-order valence-electron chi connectivity index (χ4n) is 5.00. The summed E-state index contributed by atoms with van der Waals surface area (Å²) < 4.78 is 15.2. The Hall–Kier alpha value is -4.38. The van der Waals surface area contributed by atoms with Crippen LogP contribution in [0.2, 0.25) is 0 Å². The molecule has 1 saturated heterocycles. The maximum atomic E-state index is 15.2. The van der Waals surface area contributed by atoms with E-state index >= 15 is 4.39 Å². The second-order valence-electron chi connectivity index (χ2n) is 10.5. The molecule has 39 heavy (non-hydrogen) atoms. The van der Waals surface area contributed by atoms with E-state index in [-0.39, 0.29) is 11.8 Å². The van der Waals surface area contributed by atoms with E-state index in [2.05, 4.69) is 47.3 Å². The number of pyridine rings is 2. The molecule has 11 heteroatoms. The number of carbonyl (C=O) groups excluding carboxylic acids is 1. The quantitative estimate of drug-likeness (QED) is 0.299. The van der Waals surface area contributed by atoms with E-state index < -0.39 is 5.82 Å². The Bertz CT molecular complexity index is 1670. The Morgan fingerprint density at radius 2 is 1.97 bits per heavy atom. The number of likely N-dealkylation sites (N-methyl/N-ethyl adjacent to an activating group) is 1. The van der Waals surface area contributed by atoms with Crippen LogP contribution in [0.5, 0.6) is 0 Å². The van der Waals surface area contributed by atoms with Gasteiger partial charge in [0.15, 0.2) is 11.5 Å². The normalized spacial score (nSPS) is 14.5. The summed E-state index contributed by atoms with van der Waals surface area (Å²) in [5.41, 5.74) is 5.05. The molecule has 1 amide bonds. The van der Waals surface area contributed by atoms with Gasteiger partial charge in [0.1, 0.15) is 17.0 Å². The number of hydrogen-bond donors (Lipinski definition) is 3. The molecule has 6 rings (SSSR count). The number of anilines is 2. The van der Waals surface area contributed by atoms with E-state index in [1.807, 2.05) is 19.9 Å². The SMILES string of the molecule is CC(C)CC(=O)Nc1cncc(-c2cc3c(-c4nc5nccc(N6CCN(C)CC6)c5[nH]4)n[nH]c3cc2F)c1. The maximum Gasteiger partial charge on any atom is 0.224 e. The van der Waals surface area contributed by atoms with Gasteiger partial charge in [-0.1, -0.05) is 13.8 Å². The first-order valence-electron chi connectivity index (χ1n) is 13.1. The molecular formula is C28H30FN9O. The van der Waals surface area contributed by atoms with Crippen LogP contribution in [0.4, 0.5) is 15.8 Å². The van der Waals surface area contributed by atoms with E-state index in [1.165, 1.54) is 6.07 Å². The van der Waals surface area contributed by atoms with Crippen molar-refractivity contribution in [3.63, 3.8) is 0 Å². The summed E-state index contributed by atoms with van der Waals surface area (Å²) in [7, 11) is 2.13. The molecule has 5 heterocycles. The first-order chi connectivity index (χ1) is 18.9. The zero-order chi connectivity index (χ0) is 27.1. The second-order valence-corrected chi connectivity index (χ2v) is 10.5. The molecule has 0 aliphatic carbocycles. The van der Waals surface area contributed by atoms with E-state index in [9.17, 15) is 4.79 Å². The number of aromatic nitrogens is 6. The molecule has 10 nitrogen and oxygen atoms in total. The molecule has 200 valence electrons. The van der Waals surface area contributed by atoms with Crippen LogP contribution < -0.4 is 10.2 Å². The number of carbonyl (C=O) groups is 1. The first-order valence-corrected chi connectivity index (χ1v) is 13.1. The minimum Gasteiger partial charge on any atom is -0.367 e. The third-order valence-electron chi connectivity index (χ3n) is 7.02. The van der Waals surface area contributed by atoms with E-state index in [0.29, 0.717) is 51.3 Å². The third-order valence-corrected chi connectivity index (χ3v) is 7.02. The van der Waals surface area contributed by atoms with Crippen molar-refractivity contribution >= 4 is 39.3 Å².